The molecule has 1 aromatic carbocycles. The molecule has 0 atom stereocenters. The molecule has 0 spiro atoms. The van der Waals surface area contributed by atoms with Crippen LogP contribution in [0, 0.1) is 0 Å². The molecule has 0 saturated heterocycles. The van der Waals surface area contributed by atoms with Gasteiger partial charge in [0.15, 0.2) is 5.65 Å². The van der Waals surface area contributed by atoms with E-state index in [2.05, 4.69) is 40.5 Å². The first-order valence-corrected chi connectivity index (χ1v) is 8.36. The van der Waals surface area contributed by atoms with Gasteiger partial charge in [-0.1, -0.05) is 18.2 Å². The summed E-state index contributed by atoms with van der Waals surface area (Å²) in [6.07, 6.45) is 5.51. The van der Waals surface area contributed by atoms with E-state index in [4.69, 9.17) is 0 Å². The van der Waals surface area contributed by atoms with Gasteiger partial charge in [0.05, 0.1) is 17.3 Å². The van der Waals surface area contributed by atoms with Crippen molar-refractivity contribution >= 4 is 28.6 Å². The lowest BCUT2D eigenvalue weighted by atomic mass is 10.2. The van der Waals surface area contributed by atoms with Crippen molar-refractivity contribution < 1.29 is 0 Å². The molecule has 0 amide bonds. The minimum Gasteiger partial charge on any atom is -0.368 e. The topological polar surface area (TPSA) is 55.6 Å². The largest absolute Gasteiger partial charge is 0.368 e. The second-order valence-corrected chi connectivity index (χ2v) is 7.18. The molecule has 2 aromatic heterocycles. The summed E-state index contributed by atoms with van der Waals surface area (Å²) in [5.74, 6) is 0.828. The van der Waals surface area contributed by atoms with Gasteiger partial charge in [-0.25, -0.2) is 14.6 Å². The fourth-order valence-electron chi connectivity index (χ4n) is 2.11. The van der Waals surface area contributed by atoms with Crippen molar-refractivity contribution in [3.05, 3.63) is 42.9 Å². The average Bonchev–Trinajstić information content (AvgIpc) is 2.98. The van der Waals surface area contributed by atoms with Gasteiger partial charge in [0.25, 0.3) is 0 Å². The van der Waals surface area contributed by atoms with Crippen LogP contribution in [0.15, 0.2) is 42.9 Å². The Bertz CT molecular complexity index is 767. The van der Waals surface area contributed by atoms with Crippen LogP contribution < -0.4 is 5.32 Å². The summed E-state index contributed by atoms with van der Waals surface area (Å²) in [5.41, 5.74) is 1.80. The maximum Gasteiger partial charge on any atom is 0.168 e. The van der Waals surface area contributed by atoms with E-state index in [1.807, 2.05) is 53.0 Å². The van der Waals surface area contributed by atoms with Crippen molar-refractivity contribution in [1.82, 2.24) is 19.7 Å². The summed E-state index contributed by atoms with van der Waals surface area (Å²) in [4.78, 5) is 8.75. The Morgan fingerprint density at radius 3 is 2.68 bits per heavy atom. The van der Waals surface area contributed by atoms with Gasteiger partial charge in [0, 0.05) is 11.3 Å². The number of hydrogen-bond donors (Lipinski definition) is 1. The van der Waals surface area contributed by atoms with E-state index in [1.165, 1.54) is 0 Å². The quantitative estimate of drug-likeness (QED) is 0.782. The first-order valence-electron chi connectivity index (χ1n) is 7.14. The number of aromatic nitrogens is 4. The van der Waals surface area contributed by atoms with E-state index in [0.29, 0.717) is 0 Å². The predicted molar refractivity (Wildman–Crippen MR) is 92.7 cm³/mol. The van der Waals surface area contributed by atoms with Crippen molar-refractivity contribution in [1.29, 1.82) is 0 Å². The molecule has 3 rings (SSSR count). The monoisotopic (exact) mass is 313 g/mol. The van der Waals surface area contributed by atoms with Gasteiger partial charge in [-0.15, -0.1) is 0 Å². The van der Waals surface area contributed by atoms with E-state index in [9.17, 15) is 0 Å². The molecule has 0 aliphatic heterocycles. The lowest BCUT2D eigenvalue weighted by Gasteiger charge is -2.22. The highest BCUT2D eigenvalue weighted by Crippen LogP contribution is 2.25. The molecule has 0 bridgehead atoms. The lowest BCUT2D eigenvalue weighted by molar-refractivity contribution is 0.750. The van der Waals surface area contributed by atoms with Crippen molar-refractivity contribution in [3.63, 3.8) is 0 Å². The van der Waals surface area contributed by atoms with Crippen molar-refractivity contribution in [2.24, 2.45) is 0 Å². The Balaban J connectivity index is 1.96. The standard InChI is InChI=1S/C16H19N5S/c1-16(2,22-3)10-17-14-13-9-20-21(15(13)19-11-18-14)12-7-5-4-6-8-12/h4-9,11H,10H2,1-3H3,(H,17,18,19). The summed E-state index contributed by atoms with van der Waals surface area (Å²) in [7, 11) is 0. The molecule has 0 unspecified atom stereocenters. The third-order valence-electron chi connectivity index (χ3n) is 3.60. The average molecular weight is 313 g/mol. The molecule has 6 heteroatoms. The number of para-hydroxylation sites is 1. The highest BCUT2D eigenvalue weighted by Gasteiger charge is 2.17. The molecule has 0 fully saturated rings. The van der Waals surface area contributed by atoms with Gasteiger partial charge < -0.3 is 5.32 Å². The number of nitrogens with one attached hydrogen (secondary N) is 1. The highest BCUT2D eigenvalue weighted by atomic mass is 32.2. The van der Waals surface area contributed by atoms with Gasteiger partial charge in [0.1, 0.15) is 12.1 Å². The molecular formula is C16H19N5S. The lowest BCUT2D eigenvalue weighted by Crippen LogP contribution is -2.26. The Morgan fingerprint density at radius 2 is 1.95 bits per heavy atom. The van der Waals surface area contributed by atoms with Gasteiger partial charge in [-0.3, -0.25) is 0 Å². The van der Waals surface area contributed by atoms with E-state index < -0.39 is 0 Å². The van der Waals surface area contributed by atoms with E-state index in [1.54, 1.807) is 6.33 Å². The first kappa shape index (κ1) is 14.8. The molecule has 5 nitrogen and oxygen atoms in total. The molecule has 0 radical (unpaired) electrons. The molecule has 114 valence electrons. The van der Waals surface area contributed by atoms with Gasteiger partial charge in [0.2, 0.25) is 0 Å². The fourth-order valence-corrected chi connectivity index (χ4v) is 2.33. The van der Waals surface area contributed by atoms with Crippen LogP contribution in [0.25, 0.3) is 16.7 Å². The fraction of sp³-hybridized carbons (Fsp3) is 0.312. The second-order valence-electron chi connectivity index (χ2n) is 5.67. The Labute approximate surface area is 134 Å². The molecule has 1 N–H and O–H groups in total. The van der Waals surface area contributed by atoms with Crippen LogP contribution in [0.3, 0.4) is 0 Å². The third kappa shape index (κ3) is 2.92. The van der Waals surface area contributed by atoms with Crippen molar-refractivity contribution in [2.45, 2.75) is 18.6 Å². The van der Waals surface area contributed by atoms with E-state index in [-0.39, 0.29) is 4.75 Å². The second kappa shape index (κ2) is 5.96. The van der Waals surface area contributed by atoms with Crippen LogP contribution in [0.2, 0.25) is 0 Å². The Hall–Kier alpha value is -2.08. The smallest absolute Gasteiger partial charge is 0.168 e. The summed E-state index contributed by atoms with van der Waals surface area (Å²) in [5, 5.41) is 8.81. The maximum absolute atomic E-state index is 4.46. The van der Waals surface area contributed by atoms with E-state index in [0.717, 1.165) is 29.1 Å². The van der Waals surface area contributed by atoms with Crippen molar-refractivity contribution in [2.75, 3.05) is 18.1 Å². The zero-order valence-electron chi connectivity index (χ0n) is 12.9. The van der Waals surface area contributed by atoms with Crippen molar-refractivity contribution in [3.8, 4) is 5.69 Å². The summed E-state index contributed by atoms with van der Waals surface area (Å²) in [6, 6.07) is 9.99. The number of rotatable bonds is 5. The normalized spacial score (nSPS) is 11.8. The van der Waals surface area contributed by atoms with Crippen LogP contribution >= 0.6 is 11.8 Å². The van der Waals surface area contributed by atoms with Crippen LogP contribution in [0.5, 0.6) is 0 Å². The molecular weight excluding hydrogens is 294 g/mol. The van der Waals surface area contributed by atoms with Crippen LogP contribution in [0.4, 0.5) is 5.82 Å². The summed E-state index contributed by atoms with van der Waals surface area (Å²) in [6.45, 7) is 5.24. The Morgan fingerprint density at radius 1 is 1.18 bits per heavy atom. The van der Waals surface area contributed by atoms with E-state index >= 15 is 0 Å². The SMILES string of the molecule is CSC(C)(C)CNc1ncnc2c1cnn2-c1ccccc1. The minimum absolute atomic E-state index is 0.146. The number of anilines is 1. The molecule has 3 aromatic rings. The molecule has 2 heterocycles. The highest BCUT2D eigenvalue weighted by molar-refractivity contribution is 7.99. The van der Waals surface area contributed by atoms with Crippen LogP contribution in [0.1, 0.15) is 13.8 Å². The number of fused-ring (bicyclic) bond motifs is 1. The number of benzene rings is 1. The zero-order chi connectivity index (χ0) is 15.6. The van der Waals surface area contributed by atoms with Crippen LogP contribution in [-0.2, 0) is 0 Å². The van der Waals surface area contributed by atoms with Gasteiger partial charge in [-0.2, -0.15) is 16.9 Å². The summed E-state index contributed by atoms with van der Waals surface area (Å²) >= 11 is 1.83. The minimum atomic E-state index is 0.146. The predicted octanol–water partition coefficient (Wildman–Crippen LogP) is 3.37. The third-order valence-corrected chi connectivity index (χ3v) is 4.85. The van der Waals surface area contributed by atoms with Gasteiger partial charge in [-0.05, 0) is 32.2 Å². The maximum atomic E-state index is 4.46. The van der Waals surface area contributed by atoms with Crippen LogP contribution in [-0.4, -0.2) is 37.3 Å². The number of nitrogens with zero attached hydrogens (tertiary/aromatic N) is 4. The molecule has 0 aliphatic carbocycles. The molecule has 0 saturated carbocycles. The van der Waals surface area contributed by atoms with Gasteiger partial charge >= 0.3 is 0 Å². The first-order chi connectivity index (χ1) is 10.6. The molecule has 0 aliphatic rings. The molecule has 22 heavy (non-hydrogen) atoms. The zero-order valence-corrected chi connectivity index (χ0v) is 13.8. The Kier molecular flexibility index (Phi) is 4.02. The summed E-state index contributed by atoms with van der Waals surface area (Å²) < 4.78 is 1.98. The number of hydrogen-bond acceptors (Lipinski definition) is 5. The number of thioether (sulfide) groups is 1.